The zero-order valence-corrected chi connectivity index (χ0v) is 17.8. The Morgan fingerprint density at radius 2 is 2.07 bits per heavy atom. The molecule has 1 aliphatic rings. The van der Waals surface area contributed by atoms with Gasteiger partial charge in [-0.05, 0) is 69.4 Å². The summed E-state index contributed by atoms with van der Waals surface area (Å²) in [6.07, 6.45) is 2.75. The van der Waals surface area contributed by atoms with Crippen LogP contribution in [0.2, 0.25) is 0 Å². The number of piperidine rings is 1. The molecule has 0 radical (unpaired) electrons. The lowest BCUT2D eigenvalue weighted by atomic mass is 9.97. The molecule has 1 N–H and O–H groups in total. The fraction of sp³-hybridized carbons (Fsp3) is 0.522. The van der Waals surface area contributed by atoms with Crippen LogP contribution in [0.15, 0.2) is 30.3 Å². The molecule has 0 aliphatic carbocycles. The first-order valence-electron chi connectivity index (χ1n) is 10.6. The van der Waals surface area contributed by atoms with E-state index in [9.17, 15) is 4.79 Å². The van der Waals surface area contributed by atoms with Crippen LogP contribution in [0.4, 0.5) is 5.82 Å². The van der Waals surface area contributed by atoms with Gasteiger partial charge in [0.2, 0.25) is 5.91 Å². The van der Waals surface area contributed by atoms with Gasteiger partial charge in [0.1, 0.15) is 0 Å². The summed E-state index contributed by atoms with van der Waals surface area (Å²) in [5.74, 6) is 0.967. The van der Waals surface area contributed by atoms with Crippen LogP contribution < -0.4 is 10.2 Å². The maximum atomic E-state index is 12.5. The van der Waals surface area contributed by atoms with Crippen molar-refractivity contribution >= 4 is 11.7 Å². The molecule has 1 fully saturated rings. The molecule has 156 valence electrons. The summed E-state index contributed by atoms with van der Waals surface area (Å²) in [5, 5.41) is 11.9. The van der Waals surface area contributed by atoms with Gasteiger partial charge in [-0.1, -0.05) is 12.1 Å². The third-order valence-corrected chi connectivity index (χ3v) is 5.54. The Bertz CT molecular complexity index is 807. The number of nitrogens with zero attached hydrogens (tertiary/aromatic N) is 3. The highest BCUT2D eigenvalue weighted by Gasteiger charge is 2.26. The van der Waals surface area contributed by atoms with Gasteiger partial charge in [0, 0.05) is 38.4 Å². The van der Waals surface area contributed by atoms with Gasteiger partial charge in [-0.3, -0.25) is 4.79 Å². The van der Waals surface area contributed by atoms with E-state index in [-0.39, 0.29) is 11.8 Å². The van der Waals surface area contributed by atoms with Gasteiger partial charge in [-0.2, -0.15) is 0 Å². The van der Waals surface area contributed by atoms with Gasteiger partial charge >= 0.3 is 0 Å². The smallest absolute Gasteiger partial charge is 0.224 e. The van der Waals surface area contributed by atoms with Crippen molar-refractivity contribution in [2.45, 2.75) is 40.0 Å². The molecular formula is C23H32N4O2. The first kappa shape index (κ1) is 21.2. The van der Waals surface area contributed by atoms with E-state index in [0.29, 0.717) is 19.7 Å². The van der Waals surface area contributed by atoms with Crippen molar-refractivity contribution in [3.05, 3.63) is 41.5 Å². The van der Waals surface area contributed by atoms with Gasteiger partial charge in [-0.15, -0.1) is 10.2 Å². The van der Waals surface area contributed by atoms with Crippen LogP contribution in [0, 0.1) is 19.8 Å². The zero-order chi connectivity index (χ0) is 20.6. The van der Waals surface area contributed by atoms with Crippen LogP contribution in [-0.4, -0.2) is 49.0 Å². The normalized spacial score (nSPS) is 16.7. The number of aryl methyl sites for hydroxylation is 2. The highest BCUT2D eigenvalue weighted by atomic mass is 16.5. The van der Waals surface area contributed by atoms with Crippen molar-refractivity contribution in [2.24, 2.45) is 5.92 Å². The number of benzene rings is 1. The van der Waals surface area contributed by atoms with Crippen molar-refractivity contribution in [3.8, 4) is 11.3 Å². The molecular weight excluding hydrogens is 364 g/mol. The van der Waals surface area contributed by atoms with E-state index in [0.717, 1.165) is 49.5 Å². The maximum absolute atomic E-state index is 12.5. The van der Waals surface area contributed by atoms with Crippen molar-refractivity contribution in [1.82, 2.24) is 15.5 Å². The number of hydrogen-bond acceptors (Lipinski definition) is 5. The number of carbonyl (C=O) groups excluding carboxylic acids is 1. The predicted molar refractivity (Wildman–Crippen MR) is 116 cm³/mol. The van der Waals surface area contributed by atoms with E-state index in [1.54, 1.807) is 0 Å². The van der Waals surface area contributed by atoms with Gasteiger partial charge in [0.15, 0.2) is 5.82 Å². The summed E-state index contributed by atoms with van der Waals surface area (Å²) in [7, 11) is 0. The summed E-state index contributed by atoms with van der Waals surface area (Å²) in [4.78, 5) is 14.7. The lowest BCUT2D eigenvalue weighted by Crippen LogP contribution is -2.43. The maximum Gasteiger partial charge on any atom is 0.224 e. The van der Waals surface area contributed by atoms with Crippen LogP contribution in [0.3, 0.4) is 0 Å². The third-order valence-electron chi connectivity index (χ3n) is 5.54. The summed E-state index contributed by atoms with van der Waals surface area (Å²) < 4.78 is 5.31. The molecule has 1 amide bonds. The van der Waals surface area contributed by atoms with E-state index >= 15 is 0 Å². The minimum Gasteiger partial charge on any atom is -0.382 e. The number of rotatable bonds is 8. The zero-order valence-electron chi connectivity index (χ0n) is 17.8. The van der Waals surface area contributed by atoms with E-state index in [4.69, 9.17) is 4.74 Å². The van der Waals surface area contributed by atoms with Gasteiger partial charge in [0.25, 0.3) is 0 Å². The highest BCUT2D eigenvalue weighted by molar-refractivity contribution is 5.79. The third kappa shape index (κ3) is 5.76. The second kappa shape index (κ2) is 10.3. The van der Waals surface area contributed by atoms with Crippen molar-refractivity contribution in [1.29, 1.82) is 0 Å². The molecule has 0 saturated carbocycles. The van der Waals surface area contributed by atoms with Crippen molar-refractivity contribution in [3.63, 3.8) is 0 Å². The lowest BCUT2D eigenvalue weighted by Gasteiger charge is -2.32. The topological polar surface area (TPSA) is 67.3 Å². The Morgan fingerprint density at radius 1 is 1.21 bits per heavy atom. The minimum atomic E-state index is -0.00271. The van der Waals surface area contributed by atoms with E-state index in [1.807, 2.05) is 19.1 Å². The Labute approximate surface area is 173 Å². The summed E-state index contributed by atoms with van der Waals surface area (Å²) in [6.45, 7) is 9.87. The molecule has 1 aromatic carbocycles. The highest BCUT2D eigenvalue weighted by Crippen LogP contribution is 2.24. The largest absolute Gasteiger partial charge is 0.382 e. The van der Waals surface area contributed by atoms with E-state index in [2.05, 4.69) is 52.5 Å². The second-order valence-corrected chi connectivity index (χ2v) is 7.70. The van der Waals surface area contributed by atoms with Crippen LogP contribution in [0.25, 0.3) is 11.3 Å². The quantitative estimate of drug-likeness (QED) is 0.692. The number of amides is 1. The fourth-order valence-corrected chi connectivity index (χ4v) is 3.62. The molecule has 1 saturated heterocycles. The summed E-state index contributed by atoms with van der Waals surface area (Å²) in [6, 6.07) is 10.4. The monoisotopic (exact) mass is 396 g/mol. The Kier molecular flexibility index (Phi) is 7.58. The van der Waals surface area contributed by atoms with Crippen LogP contribution >= 0.6 is 0 Å². The first-order chi connectivity index (χ1) is 14.1. The molecule has 1 aromatic heterocycles. The lowest BCUT2D eigenvalue weighted by molar-refractivity contribution is -0.125. The molecule has 1 atom stereocenters. The number of nitrogens with one attached hydrogen (secondary N) is 1. The average Bonchev–Trinajstić information content (AvgIpc) is 2.75. The number of carbonyl (C=O) groups is 1. The van der Waals surface area contributed by atoms with Crippen molar-refractivity contribution < 1.29 is 9.53 Å². The van der Waals surface area contributed by atoms with Gasteiger partial charge in [0.05, 0.1) is 11.6 Å². The van der Waals surface area contributed by atoms with E-state index < -0.39 is 0 Å². The Hall–Kier alpha value is -2.47. The number of hydrogen-bond donors (Lipinski definition) is 1. The molecule has 0 bridgehead atoms. The Balaban J connectivity index is 1.57. The molecule has 29 heavy (non-hydrogen) atoms. The second-order valence-electron chi connectivity index (χ2n) is 7.70. The van der Waals surface area contributed by atoms with Crippen LogP contribution in [0.1, 0.15) is 37.3 Å². The molecule has 2 heterocycles. The number of anilines is 1. The SMILES string of the molecule is CCOCCCNC(=O)C1CCCN(c2ccc(-c3ccc(C)c(C)c3)nn2)C1. The fourth-order valence-electron chi connectivity index (χ4n) is 3.62. The minimum absolute atomic E-state index is 0.00271. The summed E-state index contributed by atoms with van der Waals surface area (Å²) >= 11 is 0. The molecule has 6 heteroatoms. The number of aromatic nitrogens is 2. The molecule has 6 nitrogen and oxygen atoms in total. The predicted octanol–water partition coefficient (Wildman–Crippen LogP) is 3.52. The molecule has 1 unspecified atom stereocenters. The molecule has 0 spiro atoms. The van der Waals surface area contributed by atoms with Gasteiger partial charge < -0.3 is 15.0 Å². The average molecular weight is 397 g/mol. The first-order valence-corrected chi connectivity index (χ1v) is 10.6. The summed E-state index contributed by atoms with van der Waals surface area (Å²) in [5.41, 5.74) is 4.47. The molecule has 1 aliphatic heterocycles. The van der Waals surface area contributed by atoms with Crippen molar-refractivity contribution in [2.75, 3.05) is 37.7 Å². The van der Waals surface area contributed by atoms with E-state index in [1.165, 1.54) is 11.1 Å². The number of ether oxygens (including phenoxy) is 1. The molecule has 3 rings (SSSR count). The standard InChI is InChI=1S/C23H32N4O2/c1-4-29-14-6-12-24-23(28)20-7-5-13-27(16-20)22-11-10-21(25-26-22)19-9-8-17(2)18(3)15-19/h8-11,15,20H,4-7,12-14,16H2,1-3H3,(H,24,28). The van der Waals surface area contributed by atoms with Crippen LogP contribution in [-0.2, 0) is 9.53 Å². The van der Waals surface area contributed by atoms with Crippen LogP contribution in [0.5, 0.6) is 0 Å². The molecule has 2 aromatic rings. The Morgan fingerprint density at radius 3 is 2.79 bits per heavy atom. The van der Waals surface area contributed by atoms with Gasteiger partial charge in [-0.25, -0.2) is 0 Å².